The Morgan fingerprint density at radius 1 is 1.82 bits per heavy atom. The maximum atomic E-state index is 11.1. The molecule has 0 bridgehead atoms. The van der Waals surface area contributed by atoms with Gasteiger partial charge in [-0.05, 0) is 13.3 Å². The summed E-state index contributed by atoms with van der Waals surface area (Å²) in [4.78, 5) is 11.1. The molecule has 1 aliphatic heterocycles. The van der Waals surface area contributed by atoms with Crippen molar-refractivity contribution < 1.29 is 9.53 Å². The van der Waals surface area contributed by atoms with Gasteiger partial charge in [0.25, 0.3) is 0 Å². The fourth-order valence-electron chi connectivity index (χ4n) is 0.894. The summed E-state index contributed by atoms with van der Waals surface area (Å²) in [6.45, 7) is 2.21. The van der Waals surface area contributed by atoms with Crippen LogP contribution in [0.1, 0.15) is 13.3 Å². The minimum Gasteiger partial charge on any atom is -0.463 e. The van der Waals surface area contributed by atoms with Crippen LogP contribution < -0.4 is 5.73 Å². The summed E-state index contributed by atoms with van der Waals surface area (Å²) in [5.41, 5.74) is 6.20. The number of esters is 1. The molecule has 62 valence electrons. The van der Waals surface area contributed by atoms with Crippen LogP contribution in [-0.4, -0.2) is 18.3 Å². The van der Waals surface area contributed by atoms with Crippen molar-refractivity contribution in [1.29, 1.82) is 0 Å². The highest BCUT2D eigenvalue weighted by atomic mass is 32.2. The molecule has 1 heterocycles. The monoisotopic (exact) mass is 173 g/mol. The Labute approximate surface area is 70.0 Å². The van der Waals surface area contributed by atoms with Crippen LogP contribution in [0.15, 0.2) is 10.6 Å². The molecular weight excluding hydrogens is 162 g/mol. The quantitative estimate of drug-likeness (QED) is 0.629. The van der Waals surface area contributed by atoms with Gasteiger partial charge in [-0.15, -0.1) is 11.8 Å². The highest BCUT2D eigenvalue weighted by molar-refractivity contribution is 8.03. The lowest BCUT2D eigenvalue weighted by Crippen LogP contribution is -2.09. The zero-order valence-electron chi connectivity index (χ0n) is 6.42. The number of hydrogen-bond acceptors (Lipinski definition) is 4. The van der Waals surface area contributed by atoms with Gasteiger partial charge >= 0.3 is 5.97 Å². The SMILES string of the molecule is CCOC(=O)C1=C(N)SCC1. The van der Waals surface area contributed by atoms with Crippen LogP contribution in [0, 0.1) is 0 Å². The van der Waals surface area contributed by atoms with Crippen LogP contribution in [0.4, 0.5) is 0 Å². The summed E-state index contributed by atoms with van der Waals surface area (Å²) in [6, 6.07) is 0. The van der Waals surface area contributed by atoms with E-state index in [2.05, 4.69) is 0 Å². The molecule has 0 aromatic rings. The molecule has 0 aromatic heterocycles. The second-order valence-electron chi connectivity index (χ2n) is 2.16. The van der Waals surface area contributed by atoms with Crippen molar-refractivity contribution in [2.45, 2.75) is 13.3 Å². The highest BCUT2D eigenvalue weighted by Gasteiger charge is 2.20. The zero-order valence-corrected chi connectivity index (χ0v) is 7.24. The number of hydrogen-bond donors (Lipinski definition) is 1. The van der Waals surface area contributed by atoms with Crippen LogP contribution in [0.5, 0.6) is 0 Å². The lowest BCUT2D eigenvalue weighted by molar-refractivity contribution is -0.138. The summed E-state index contributed by atoms with van der Waals surface area (Å²) in [6.07, 6.45) is 0.745. The molecule has 0 saturated carbocycles. The van der Waals surface area contributed by atoms with E-state index >= 15 is 0 Å². The van der Waals surface area contributed by atoms with Gasteiger partial charge in [-0.2, -0.15) is 0 Å². The molecular formula is C7H11NO2S. The van der Waals surface area contributed by atoms with Gasteiger partial charge in [-0.3, -0.25) is 0 Å². The second-order valence-corrected chi connectivity index (χ2v) is 3.30. The smallest absolute Gasteiger partial charge is 0.336 e. The van der Waals surface area contributed by atoms with Gasteiger partial charge in [0.05, 0.1) is 17.2 Å². The largest absolute Gasteiger partial charge is 0.463 e. The predicted molar refractivity (Wildman–Crippen MR) is 44.9 cm³/mol. The molecule has 0 saturated heterocycles. The maximum Gasteiger partial charge on any atom is 0.336 e. The Kier molecular flexibility index (Phi) is 2.82. The van der Waals surface area contributed by atoms with Gasteiger partial charge in [0.2, 0.25) is 0 Å². The van der Waals surface area contributed by atoms with Crippen LogP contribution in [0.2, 0.25) is 0 Å². The molecule has 3 nitrogen and oxygen atoms in total. The van der Waals surface area contributed by atoms with Gasteiger partial charge in [0.15, 0.2) is 0 Å². The third-order valence-electron chi connectivity index (χ3n) is 1.43. The number of carbonyl (C=O) groups excluding carboxylic acids is 1. The highest BCUT2D eigenvalue weighted by Crippen LogP contribution is 2.27. The first-order valence-electron chi connectivity index (χ1n) is 3.54. The molecule has 1 rings (SSSR count). The number of ether oxygens (including phenoxy) is 1. The predicted octanol–water partition coefficient (Wildman–Crippen LogP) is 0.857. The van der Waals surface area contributed by atoms with Crippen molar-refractivity contribution in [2.24, 2.45) is 5.73 Å². The Balaban J connectivity index is 2.59. The summed E-state index contributed by atoms with van der Waals surface area (Å²) in [5, 5.41) is 0.628. The lowest BCUT2D eigenvalue weighted by atomic mass is 10.2. The van der Waals surface area contributed by atoms with Gasteiger partial charge in [-0.1, -0.05) is 0 Å². The van der Waals surface area contributed by atoms with E-state index in [1.807, 2.05) is 0 Å². The Morgan fingerprint density at radius 3 is 3.00 bits per heavy atom. The first kappa shape index (κ1) is 8.46. The summed E-state index contributed by atoms with van der Waals surface area (Å²) in [5.74, 6) is 0.648. The molecule has 0 fully saturated rings. The van der Waals surface area contributed by atoms with Crippen molar-refractivity contribution in [3.8, 4) is 0 Å². The molecule has 0 aliphatic carbocycles. The van der Waals surface area contributed by atoms with Gasteiger partial charge in [-0.25, -0.2) is 4.79 Å². The molecule has 0 radical (unpaired) electrons. The van der Waals surface area contributed by atoms with Gasteiger partial charge in [0, 0.05) is 5.75 Å². The van der Waals surface area contributed by atoms with Crippen LogP contribution >= 0.6 is 11.8 Å². The van der Waals surface area contributed by atoms with E-state index in [1.54, 1.807) is 6.92 Å². The molecule has 0 unspecified atom stereocenters. The first-order chi connectivity index (χ1) is 5.25. The normalized spacial score (nSPS) is 17.2. The van der Waals surface area contributed by atoms with Gasteiger partial charge in [0.1, 0.15) is 0 Å². The average molecular weight is 173 g/mol. The van der Waals surface area contributed by atoms with E-state index in [1.165, 1.54) is 11.8 Å². The minimum absolute atomic E-state index is 0.255. The third kappa shape index (κ3) is 1.89. The number of thioether (sulfide) groups is 1. The minimum atomic E-state index is -0.255. The van der Waals surface area contributed by atoms with E-state index < -0.39 is 0 Å². The fraction of sp³-hybridized carbons (Fsp3) is 0.571. The second kappa shape index (κ2) is 3.67. The molecule has 0 aromatic carbocycles. The number of rotatable bonds is 2. The zero-order chi connectivity index (χ0) is 8.27. The fourth-order valence-corrected chi connectivity index (χ4v) is 1.78. The van der Waals surface area contributed by atoms with Gasteiger partial charge < -0.3 is 10.5 Å². The van der Waals surface area contributed by atoms with E-state index in [0.717, 1.165) is 12.2 Å². The van der Waals surface area contributed by atoms with E-state index in [4.69, 9.17) is 10.5 Å². The molecule has 4 heteroatoms. The van der Waals surface area contributed by atoms with E-state index in [9.17, 15) is 4.79 Å². The van der Waals surface area contributed by atoms with Crippen molar-refractivity contribution in [2.75, 3.05) is 12.4 Å². The number of nitrogens with two attached hydrogens (primary N) is 1. The van der Waals surface area contributed by atoms with Crippen molar-refractivity contribution in [3.05, 3.63) is 10.6 Å². The first-order valence-corrected chi connectivity index (χ1v) is 4.52. The molecule has 0 atom stereocenters. The van der Waals surface area contributed by atoms with Crippen LogP contribution in [0.3, 0.4) is 0 Å². The number of carbonyl (C=O) groups is 1. The molecule has 11 heavy (non-hydrogen) atoms. The van der Waals surface area contributed by atoms with Crippen molar-refractivity contribution in [3.63, 3.8) is 0 Å². The Morgan fingerprint density at radius 2 is 2.55 bits per heavy atom. The van der Waals surface area contributed by atoms with E-state index in [-0.39, 0.29) is 5.97 Å². The lowest BCUT2D eigenvalue weighted by Gasteiger charge is -2.01. The van der Waals surface area contributed by atoms with Crippen molar-refractivity contribution >= 4 is 17.7 Å². The van der Waals surface area contributed by atoms with E-state index in [0.29, 0.717) is 17.2 Å². The maximum absolute atomic E-state index is 11.1. The van der Waals surface area contributed by atoms with Crippen LogP contribution in [0.25, 0.3) is 0 Å². The summed E-state index contributed by atoms with van der Waals surface area (Å²) < 4.78 is 4.81. The molecule has 1 aliphatic rings. The Hall–Kier alpha value is -0.640. The van der Waals surface area contributed by atoms with Crippen LogP contribution in [-0.2, 0) is 9.53 Å². The average Bonchev–Trinajstić information content (AvgIpc) is 2.36. The standard InChI is InChI=1S/C7H11NO2S/c1-2-10-7(9)5-3-4-11-6(5)8/h2-4,8H2,1H3. The topological polar surface area (TPSA) is 52.3 Å². The summed E-state index contributed by atoms with van der Waals surface area (Å²) in [7, 11) is 0. The third-order valence-corrected chi connectivity index (χ3v) is 2.39. The molecule has 2 N–H and O–H groups in total. The Bertz CT molecular complexity index is 201. The summed E-state index contributed by atoms with van der Waals surface area (Å²) >= 11 is 1.52. The molecule has 0 amide bonds. The molecule has 0 spiro atoms. The van der Waals surface area contributed by atoms with Crippen molar-refractivity contribution in [1.82, 2.24) is 0 Å².